The summed E-state index contributed by atoms with van der Waals surface area (Å²) in [5.74, 6) is -0.975. The van der Waals surface area contributed by atoms with E-state index in [1.807, 2.05) is 0 Å². The fourth-order valence-corrected chi connectivity index (χ4v) is 6.92. The summed E-state index contributed by atoms with van der Waals surface area (Å²) in [4.78, 5) is 38.1. The lowest BCUT2D eigenvalue weighted by atomic mass is 10.1. The van der Waals surface area contributed by atoms with Crippen LogP contribution < -0.4 is 0 Å². The Kier molecular flexibility index (Phi) is 51.0. The standard InChI is InChI=1S/C61H98O6/c1-4-7-10-13-16-19-22-25-28-29-30-31-34-36-39-42-45-48-51-54-60(63)66-57-58(67-61(64)55-52-49-46-43-40-37-33-27-24-21-18-15-12-9-6-3)56-65-59(62)53-50-47-44-41-38-35-32-26-23-20-17-14-11-8-5-2/h7,9-10,12,16-21,25-28,30-33,36,39,58H,4-6,8,11,13-15,22-24,29,34-35,37-38,40-57H2,1-3H3/b10-7+,12-9+,19-16+,20-17+,21-18+,28-25+,31-30+,32-26+,33-27+,39-36+/t58-/m1/s1. The maximum atomic E-state index is 12.8. The van der Waals surface area contributed by atoms with Crippen molar-refractivity contribution in [3.05, 3.63) is 122 Å². The lowest BCUT2D eigenvalue weighted by molar-refractivity contribution is -0.167. The van der Waals surface area contributed by atoms with E-state index in [1.165, 1.54) is 25.7 Å². The molecule has 0 aromatic carbocycles. The van der Waals surface area contributed by atoms with Gasteiger partial charge in [0.2, 0.25) is 0 Å². The minimum atomic E-state index is -0.810. The highest BCUT2D eigenvalue weighted by atomic mass is 16.6. The number of allylic oxidation sites excluding steroid dienone is 20. The molecule has 0 N–H and O–H groups in total. The minimum absolute atomic E-state index is 0.107. The Morgan fingerprint density at radius 2 is 0.582 bits per heavy atom. The monoisotopic (exact) mass is 927 g/mol. The fraction of sp³-hybridized carbons (Fsp3) is 0.623. The molecule has 0 aromatic heterocycles. The summed E-state index contributed by atoms with van der Waals surface area (Å²) in [6.45, 7) is 6.32. The van der Waals surface area contributed by atoms with Crippen LogP contribution in [0.4, 0.5) is 0 Å². The fourth-order valence-electron chi connectivity index (χ4n) is 6.92. The summed E-state index contributed by atoms with van der Waals surface area (Å²) in [7, 11) is 0. The molecule has 0 aliphatic heterocycles. The summed E-state index contributed by atoms with van der Waals surface area (Å²) in [6.07, 6.45) is 74.6. The highest BCUT2D eigenvalue weighted by Gasteiger charge is 2.19. The van der Waals surface area contributed by atoms with Crippen LogP contribution in [0.3, 0.4) is 0 Å². The van der Waals surface area contributed by atoms with Crippen LogP contribution in [0.2, 0.25) is 0 Å². The molecule has 0 saturated heterocycles. The van der Waals surface area contributed by atoms with Crippen LogP contribution in [-0.4, -0.2) is 37.2 Å². The molecule has 0 amide bonds. The largest absolute Gasteiger partial charge is 0.462 e. The van der Waals surface area contributed by atoms with E-state index in [2.05, 4.69) is 142 Å². The van der Waals surface area contributed by atoms with Gasteiger partial charge in [0.05, 0.1) is 0 Å². The summed E-state index contributed by atoms with van der Waals surface area (Å²) < 4.78 is 16.8. The third-order valence-corrected chi connectivity index (χ3v) is 10.9. The normalized spacial score (nSPS) is 13.1. The van der Waals surface area contributed by atoms with Crippen molar-refractivity contribution in [1.29, 1.82) is 0 Å². The van der Waals surface area contributed by atoms with Crippen LogP contribution in [0, 0.1) is 0 Å². The van der Waals surface area contributed by atoms with Crippen molar-refractivity contribution in [2.45, 2.75) is 232 Å². The smallest absolute Gasteiger partial charge is 0.306 e. The number of esters is 3. The highest BCUT2D eigenvalue weighted by Crippen LogP contribution is 2.13. The molecule has 0 aliphatic rings. The topological polar surface area (TPSA) is 78.9 Å². The van der Waals surface area contributed by atoms with E-state index in [-0.39, 0.29) is 31.1 Å². The Morgan fingerprint density at radius 3 is 0.925 bits per heavy atom. The van der Waals surface area contributed by atoms with Gasteiger partial charge in [0, 0.05) is 19.3 Å². The van der Waals surface area contributed by atoms with Crippen molar-refractivity contribution in [3.8, 4) is 0 Å². The second-order valence-corrected chi connectivity index (χ2v) is 17.4. The van der Waals surface area contributed by atoms with Gasteiger partial charge < -0.3 is 14.2 Å². The zero-order chi connectivity index (χ0) is 48.6. The molecule has 0 aliphatic carbocycles. The van der Waals surface area contributed by atoms with E-state index in [0.29, 0.717) is 19.3 Å². The van der Waals surface area contributed by atoms with E-state index in [9.17, 15) is 14.4 Å². The van der Waals surface area contributed by atoms with Gasteiger partial charge in [-0.3, -0.25) is 14.4 Å². The van der Waals surface area contributed by atoms with Gasteiger partial charge >= 0.3 is 17.9 Å². The molecular weight excluding hydrogens is 829 g/mol. The van der Waals surface area contributed by atoms with Crippen LogP contribution in [0.25, 0.3) is 0 Å². The number of hydrogen-bond donors (Lipinski definition) is 0. The first kappa shape index (κ1) is 62.8. The van der Waals surface area contributed by atoms with Gasteiger partial charge in [0.15, 0.2) is 6.10 Å². The molecule has 0 heterocycles. The summed E-state index contributed by atoms with van der Waals surface area (Å²) >= 11 is 0. The quantitative estimate of drug-likeness (QED) is 0.0262. The number of hydrogen-bond acceptors (Lipinski definition) is 6. The summed E-state index contributed by atoms with van der Waals surface area (Å²) in [5.41, 5.74) is 0. The van der Waals surface area contributed by atoms with Crippen LogP contribution in [0.1, 0.15) is 226 Å². The Hall–Kier alpha value is -4.19. The molecule has 0 aromatic rings. The van der Waals surface area contributed by atoms with E-state index in [1.54, 1.807) is 0 Å². The molecule has 6 heteroatoms. The maximum absolute atomic E-state index is 12.8. The Balaban J connectivity index is 4.52. The molecule has 6 nitrogen and oxygen atoms in total. The van der Waals surface area contributed by atoms with Gasteiger partial charge in [0.1, 0.15) is 13.2 Å². The molecular formula is C61H98O6. The van der Waals surface area contributed by atoms with Gasteiger partial charge in [0.25, 0.3) is 0 Å². The van der Waals surface area contributed by atoms with Crippen molar-refractivity contribution in [2.24, 2.45) is 0 Å². The lowest BCUT2D eigenvalue weighted by Gasteiger charge is -2.18. The summed E-state index contributed by atoms with van der Waals surface area (Å²) in [6, 6.07) is 0. The van der Waals surface area contributed by atoms with E-state index < -0.39 is 6.10 Å². The SMILES string of the molecule is CC/C=C/C/C=C/C/C=C/C/C=C/C/C=C/CCCCCC(=O)OC[C@@H](COC(=O)CCCCCCC/C=C/C/C=C/CCCCC)OC(=O)CCCCCCC/C=C/C/C=C/C/C=C/CC. The first-order valence-electron chi connectivity index (χ1n) is 27.0. The molecule has 0 fully saturated rings. The molecule has 0 saturated carbocycles. The molecule has 378 valence electrons. The lowest BCUT2D eigenvalue weighted by Crippen LogP contribution is -2.30. The van der Waals surface area contributed by atoms with Gasteiger partial charge in [-0.1, -0.05) is 200 Å². The molecule has 0 spiro atoms. The van der Waals surface area contributed by atoms with Gasteiger partial charge in [-0.2, -0.15) is 0 Å². The Labute approximate surface area is 412 Å². The average Bonchev–Trinajstić information content (AvgIpc) is 3.33. The highest BCUT2D eigenvalue weighted by molar-refractivity contribution is 5.71. The predicted octanol–water partition coefficient (Wildman–Crippen LogP) is 18.1. The van der Waals surface area contributed by atoms with Crippen molar-refractivity contribution in [3.63, 3.8) is 0 Å². The van der Waals surface area contributed by atoms with Crippen molar-refractivity contribution >= 4 is 17.9 Å². The molecule has 0 radical (unpaired) electrons. The van der Waals surface area contributed by atoms with E-state index >= 15 is 0 Å². The predicted molar refractivity (Wildman–Crippen MR) is 288 cm³/mol. The Morgan fingerprint density at radius 1 is 0.313 bits per heavy atom. The second-order valence-electron chi connectivity index (χ2n) is 17.4. The van der Waals surface area contributed by atoms with Crippen molar-refractivity contribution in [2.75, 3.05) is 13.2 Å². The molecule has 1 atom stereocenters. The average molecular weight is 927 g/mol. The minimum Gasteiger partial charge on any atom is -0.462 e. The zero-order valence-electron chi connectivity index (χ0n) is 43.1. The van der Waals surface area contributed by atoms with Crippen LogP contribution in [0.15, 0.2) is 122 Å². The molecule has 0 unspecified atom stereocenters. The van der Waals surface area contributed by atoms with Crippen molar-refractivity contribution < 1.29 is 28.6 Å². The third-order valence-electron chi connectivity index (χ3n) is 10.9. The van der Waals surface area contributed by atoms with E-state index in [4.69, 9.17) is 14.2 Å². The number of carbonyl (C=O) groups excluding carboxylic acids is 3. The number of carbonyl (C=O) groups is 3. The number of ether oxygens (including phenoxy) is 3. The third kappa shape index (κ3) is 52.6. The van der Waals surface area contributed by atoms with Crippen LogP contribution >= 0.6 is 0 Å². The molecule has 0 bridgehead atoms. The number of rotatable bonds is 47. The Bertz CT molecular complexity index is 1440. The van der Waals surface area contributed by atoms with E-state index in [0.717, 1.165) is 161 Å². The van der Waals surface area contributed by atoms with Gasteiger partial charge in [-0.25, -0.2) is 0 Å². The van der Waals surface area contributed by atoms with Gasteiger partial charge in [-0.15, -0.1) is 0 Å². The first-order chi connectivity index (χ1) is 33.0. The van der Waals surface area contributed by atoms with Crippen molar-refractivity contribution in [1.82, 2.24) is 0 Å². The maximum Gasteiger partial charge on any atom is 0.306 e. The first-order valence-corrected chi connectivity index (χ1v) is 27.0. The van der Waals surface area contributed by atoms with Gasteiger partial charge in [-0.05, 0) is 128 Å². The second kappa shape index (κ2) is 54.4. The van der Waals surface area contributed by atoms with Crippen LogP contribution in [-0.2, 0) is 28.6 Å². The molecule has 67 heavy (non-hydrogen) atoms. The summed E-state index contributed by atoms with van der Waals surface area (Å²) in [5, 5.41) is 0. The zero-order valence-corrected chi connectivity index (χ0v) is 43.1. The number of unbranched alkanes of at least 4 members (excludes halogenated alkanes) is 16. The molecule has 0 rings (SSSR count). The van der Waals surface area contributed by atoms with Crippen LogP contribution in [0.5, 0.6) is 0 Å².